The first kappa shape index (κ1) is 26.3. The summed E-state index contributed by atoms with van der Waals surface area (Å²) in [6.07, 6.45) is 0.393. The average molecular weight is 539 g/mol. The van der Waals surface area contributed by atoms with Crippen LogP contribution in [0.4, 0.5) is 0 Å². The maximum atomic E-state index is 13.5. The third kappa shape index (κ3) is 8.14. The number of ether oxygens (including phenoxy) is 2. The molecule has 184 valence electrons. The maximum Gasteiger partial charge on any atom is 0.261 e. The second kappa shape index (κ2) is 13.0. The van der Waals surface area contributed by atoms with Gasteiger partial charge in [-0.15, -0.1) is 0 Å². The first-order valence-electron chi connectivity index (χ1n) is 11.5. The van der Waals surface area contributed by atoms with Gasteiger partial charge < -0.3 is 19.7 Å². The first-order valence-corrected chi connectivity index (χ1v) is 12.3. The van der Waals surface area contributed by atoms with Crippen molar-refractivity contribution in [2.24, 2.45) is 0 Å². The minimum atomic E-state index is -0.699. The van der Waals surface area contributed by atoms with Crippen LogP contribution in [0.15, 0.2) is 83.3 Å². The molecule has 6 nitrogen and oxygen atoms in total. The Morgan fingerprint density at radius 2 is 1.51 bits per heavy atom. The summed E-state index contributed by atoms with van der Waals surface area (Å²) in [4.78, 5) is 28.5. The smallest absolute Gasteiger partial charge is 0.261 e. The molecule has 0 aliphatic carbocycles. The van der Waals surface area contributed by atoms with Crippen LogP contribution in [0.1, 0.15) is 25.0 Å². The van der Waals surface area contributed by atoms with Gasteiger partial charge in [-0.05, 0) is 61.4 Å². The zero-order valence-electron chi connectivity index (χ0n) is 20.2. The van der Waals surface area contributed by atoms with Gasteiger partial charge in [-0.3, -0.25) is 9.59 Å². The number of methoxy groups -OCH3 is 1. The van der Waals surface area contributed by atoms with Crippen molar-refractivity contribution in [2.45, 2.75) is 38.9 Å². The van der Waals surface area contributed by atoms with E-state index in [0.29, 0.717) is 17.9 Å². The van der Waals surface area contributed by atoms with Gasteiger partial charge in [-0.2, -0.15) is 0 Å². The summed E-state index contributed by atoms with van der Waals surface area (Å²) in [5.41, 5.74) is 1.89. The third-order valence-corrected chi connectivity index (χ3v) is 5.92. The van der Waals surface area contributed by atoms with E-state index in [2.05, 4.69) is 21.2 Å². The fourth-order valence-corrected chi connectivity index (χ4v) is 3.89. The van der Waals surface area contributed by atoms with Crippen molar-refractivity contribution in [2.75, 3.05) is 13.7 Å². The molecule has 0 fully saturated rings. The molecular formula is C28H31BrN2O4. The van der Waals surface area contributed by atoms with Crippen molar-refractivity contribution in [1.82, 2.24) is 10.2 Å². The molecule has 0 saturated heterocycles. The number of amides is 2. The highest BCUT2D eigenvalue weighted by Gasteiger charge is 2.31. The normalized spacial score (nSPS) is 11.6. The zero-order chi connectivity index (χ0) is 25.2. The van der Waals surface area contributed by atoms with E-state index in [9.17, 15) is 9.59 Å². The van der Waals surface area contributed by atoms with E-state index in [-0.39, 0.29) is 31.0 Å². The van der Waals surface area contributed by atoms with E-state index in [1.54, 1.807) is 36.3 Å². The predicted octanol–water partition coefficient (Wildman–Crippen LogP) is 5.00. The van der Waals surface area contributed by atoms with Gasteiger partial charge in [0.25, 0.3) is 5.91 Å². The first-order chi connectivity index (χ1) is 16.9. The van der Waals surface area contributed by atoms with Crippen LogP contribution in [0.2, 0.25) is 0 Å². The summed E-state index contributed by atoms with van der Waals surface area (Å²) < 4.78 is 11.9. The molecule has 0 saturated carbocycles. The fraction of sp³-hybridized carbons (Fsp3) is 0.286. The summed E-state index contributed by atoms with van der Waals surface area (Å²) in [6.45, 7) is 3.90. The number of carbonyl (C=O) groups is 2. The molecule has 35 heavy (non-hydrogen) atoms. The Bertz CT molecular complexity index is 1090. The molecule has 0 bridgehead atoms. The molecule has 1 unspecified atom stereocenters. The van der Waals surface area contributed by atoms with E-state index in [1.807, 2.05) is 68.4 Å². The van der Waals surface area contributed by atoms with Crippen LogP contribution in [0.3, 0.4) is 0 Å². The van der Waals surface area contributed by atoms with Crippen LogP contribution < -0.4 is 14.8 Å². The molecule has 0 aliphatic heterocycles. The SMILES string of the molecule is COc1ccc(OCC(=O)N(Cc2ccc(Br)cc2)C(Cc2ccccc2)C(=O)NC(C)C)cc1. The molecule has 0 aromatic heterocycles. The van der Waals surface area contributed by atoms with Gasteiger partial charge in [0, 0.05) is 23.5 Å². The molecule has 3 aromatic rings. The molecule has 2 amide bonds. The van der Waals surface area contributed by atoms with Gasteiger partial charge >= 0.3 is 0 Å². The highest BCUT2D eigenvalue weighted by atomic mass is 79.9. The molecule has 0 heterocycles. The Morgan fingerprint density at radius 3 is 2.11 bits per heavy atom. The summed E-state index contributed by atoms with van der Waals surface area (Å²) in [5, 5.41) is 2.98. The lowest BCUT2D eigenvalue weighted by Crippen LogP contribution is -2.52. The Balaban J connectivity index is 1.87. The molecule has 3 rings (SSSR count). The lowest BCUT2D eigenvalue weighted by Gasteiger charge is -2.32. The molecular weight excluding hydrogens is 508 g/mol. The Labute approximate surface area is 215 Å². The number of hydrogen-bond acceptors (Lipinski definition) is 4. The summed E-state index contributed by atoms with van der Waals surface area (Å²) >= 11 is 3.45. The molecule has 0 aliphatic rings. The van der Waals surface area contributed by atoms with Crippen LogP contribution in [0, 0.1) is 0 Å². The lowest BCUT2D eigenvalue weighted by atomic mass is 10.0. The number of nitrogens with one attached hydrogen (secondary N) is 1. The van der Waals surface area contributed by atoms with Crippen LogP contribution in [-0.2, 0) is 22.6 Å². The minimum absolute atomic E-state index is 0.0547. The third-order valence-electron chi connectivity index (χ3n) is 5.39. The topological polar surface area (TPSA) is 67.9 Å². The molecule has 0 spiro atoms. The van der Waals surface area contributed by atoms with Crippen LogP contribution in [0.5, 0.6) is 11.5 Å². The minimum Gasteiger partial charge on any atom is -0.497 e. The lowest BCUT2D eigenvalue weighted by molar-refractivity contribution is -0.143. The van der Waals surface area contributed by atoms with Gasteiger partial charge in [0.15, 0.2) is 6.61 Å². The number of nitrogens with zero attached hydrogens (tertiary/aromatic N) is 1. The van der Waals surface area contributed by atoms with Crippen molar-refractivity contribution in [3.05, 3.63) is 94.5 Å². The van der Waals surface area contributed by atoms with Crippen LogP contribution in [-0.4, -0.2) is 42.5 Å². The van der Waals surface area contributed by atoms with Crippen molar-refractivity contribution >= 4 is 27.7 Å². The number of benzene rings is 3. The maximum absolute atomic E-state index is 13.5. The summed E-state index contributed by atoms with van der Waals surface area (Å²) in [5.74, 6) is 0.783. The van der Waals surface area contributed by atoms with Crippen molar-refractivity contribution in [1.29, 1.82) is 0 Å². The predicted molar refractivity (Wildman–Crippen MR) is 140 cm³/mol. The van der Waals surface area contributed by atoms with Crippen molar-refractivity contribution < 1.29 is 19.1 Å². The monoisotopic (exact) mass is 538 g/mol. The van der Waals surface area contributed by atoms with Gasteiger partial charge in [-0.1, -0.05) is 58.4 Å². The number of hydrogen-bond donors (Lipinski definition) is 1. The molecule has 0 radical (unpaired) electrons. The number of carbonyl (C=O) groups excluding carboxylic acids is 2. The van der Waals surface area contributed by atoms with E-state index in [1.165, 1.54) is 0 Å². The van der Waals surface area contributed by atoms with Gasteiger partial charge in [0.2, 0.25) is 5.91 Å². The van der Waals surface area contributed by atoms with Gasteiger partial charge in [0.1, 0.15) is 17.5 Å². The standard InChI is InChI=1S/C28H31BrN2O4/c1-20(2)30-28(33)26(17-21-7-5-4-6-8-21)31(18-22-9-11-23(29)12-10-22)27(32)19-35-25-15-13-24(34-3)14-16-25/h4-16,20,26H,17-19H2,1-3H3,(H,30,33). The number of halogens is 1. The molecule has 1 N–H and O–H groups in total. The second-order valence-corrected chi connectivity index (χ2v) is 9.40. The zero-order valence-corrected chi connectivity index (χ0v) is 21.8. The Kier molecular flexibility index (Phi) is 9.73. The van der Waals surface area contributed by atoms with Crippen molar-refractivity contribution in [3.63, 3.8) is 0 Å². The van der Waals surface area contributed by atoms with E-state index >= 15 is 0 Å². The highest BCUT2D eigenvalue weighted by Crippen LogP contribution is 2.19. The van der Waals surface area contributed by atoms with Gasteiger partial charge in [-0.25, -0.2) is 0 Å². The average Bonchev–Trinajstić information content (AvgIpc) is 2.86. The molecule has 1 atom stereocenters. The van der Waals surface area contributed by atoms with Crippen LogP contribution in [0.25, 0.3) is 0 Å². The Morgan fingerprint density at radius 1 is 0.886 bits per heavy atom. The van der Waals surface area contributed by atoms with Crippen LogP contribution >= 0.6 is 15.9 Å². The molecule has 7 heteroatoms. The Hall–Kier alpha value is -3.32. The van der Waals surface area contributed by atoms with E-state index in [4.69, 9.17) is 9.47 Å². The quantitative estimate of drug-likeness (QED) is 0.373. The largest absolute Gasteiger partial charge is 0.497 e. The second-order valence-electron chi connectivity index (χ2n) is 8.48. The van der Waals surface area contributed by atoms with E-state index < -0.39 is 6.04 Å². The fourth-order valence-electron chi connectivity index (χ4n) is 3.62. The van der Waals surface area contributed by atoms with Gasteiger partial charge in [0.05, 0.1) is 7.11 Å². The summed E-state index contributed by atoms with van der Waals surface area (Å²) in [7, 11) is 1.59. The number of rotatable bonds is 11. The van der Waals surface area contributed by atoms with Crippen molar-refractivity contribution in [3.8, 4) is 11.5 Å². The summed E-state index contributed by atoms with van der Waals surface area (Å²) in [6, 6.07) is 23.7. The van der Waals surface area contributed by atoms with E-state index in [0.717, 1.165) is 15.6 Å². The molecule has 3 aromatic carbocycles. The highest BCUT2D eigenvalue weighted by molar-refractivity contribution is 9.10.